The number of pyridine rings is 1. The maximum absolute atomic E-state index is 12.7. The molecule has 0 aliphatic carbocycles. The van der Waals surface area contributed by atoms with Crippen LogP contribution in [0.25, 0.3) is 0 Å². The average Bonchev–Trinajstić information content (AvgIpc) is 3.32. The largest absolute Gasteiger partial charge is 0.342 e. The molecule has 1 atom stereocenters. The maximum atomic E-state index is 12.7. The highest BCUT2D eigenvalue weighted by atomic mass is 16.6. The molecule has 1 unspecified atom stereocenters. The molecular weight excluding hydrogens is 344 g/mol. The fourth-order valence-electron chi connectivity index (χ4n) is 3.58. The van der Waals surface area contributed by atoms with Gasteiger partial charge in [-0.2, -0.15) is 0 Å². The number of amides is 1. The van der Waals surface area contributed by atoms with Gasteiger partial charge in [-0.1, -0.05) is 16.4 Å². The lowest BCUT2D eigenvalue weighted by Crippen LogP contribution is -2.40. The first-order valence-electron chi connectivity index (χ1n) is 9.16. The number of carbonyl (C=O) groups excluding carboxylic acids is 1. The summed E-state index contributed by atoms with van der Waals surface area (Å²) < 4.78 is 6.85. The van der Waals surface area contributed by atoms with Gasteiger partial charge < -0.3 is 9.47 Å². The van der Waals surface area contributed by atoms with E-state index in [1.807, 2.05) is 29.6 Å². The zero-order valence-electron chi connectivity index (χ0n) is 15.3. The number of rotatable bonds is 5. The van der Waals surface area contributed by atoms with Crippen molar-refractivity contribution >= 4 is 5.91 Å². The summed E-state index contributed by atoms with van der Waals surface area (Å²) in [4.78, 5) is 23.4. The van der Waals surface area contributed by atoms with Crippen LogP contribution in [-0.4, -0.2) is 48.7 Å². The maximum Gasteiger partial charge on any atom is 0.228 e. The van der Waals surface area contributed by atoms with Crippen molar-refractivity contribution < 1.29 is 9.42 Å². The molecule has 27 heavy (non-hydrogen) atoms. The van der Waals surface area contributed by atoms with E-state index in [1.165, 1.54) is 0 Å². The molecule has 1 aliphatic heterocycles. The summed E-state index contributed by atoms with van der Waals surface area (Å²) in [7, 11) is 0. The molecular formula is C19H22N6O2. The van der Waals surface area contributed by atoms with E-state index in [-0.39, 0.29) is 18.2 Å². The van der Waals surface area contributed by atoms with Crippen LogP contribution in [-0.2, 0) is 17.8 Å². The molecule has 0 aromatic carbocycles. The first-order valence-corrected chi connectivity index (χ1v) is 9.16. The van der Waals surface area contributed by atoms with Gasteiger partial charge in [-0.25, -0.2) is 9.61 Å². The molecule has 8 heteroatoms. The Kier molecular flexibility index (Phi) is 4.95. The molecule has 1 saturated heterocycles. The van der Waals surface area contributed by atoms with Crippen molar-refractivity contribution in [2.45, 2.75) is 38.6 Å². The van der Waals surface area contributed by atoms with E-state index in [2.05, 4.69) is 30.9 Å². The minimum atomic E-state index is 0.0591. The minimum absolute atomic E-state index is 0.0591. The standard InChI is InChI=1S/C19H22N6O2/c1-14-17(23-27-22-14)10-18(26)24-8-3-5-16(13-24)19-21-7-9-25(19)12-15-4-2-6-20-11-15/h2,4,6-7,9,11,16H,3,5,8,10,12-13H2,1H3. The van der Waals surface area contributed by atoms with E-state index in [0.29, 0.717) is 17.9 Å². The molecule has 1 amide bonds. The molecule has 3 aromatic heterocycles. The number of nitrogens with zero attached hydrogens (tertiary/aromatic N) is 6. The zero-order valence-corrected chi connectivity index (χ0v) is 15.3. The molecule has 0 radical (unpaired) electrons. The fraction of sp³-hybridized carbons (Fsp3) is 0.421. The summed E-state index contributed by atoms with van der Waals surface area (Å²) in [6.45, 7) is 3.97. The van der Waals surface area contributed by atoms with Gasteiger partial charge in [-0.15, -0.1) is 0 Å². The van der Waals surface area contributed by atoms with Gasteiger partial charge in [0.05, 0.1) is 13.0 Å². The van der Waals surface area contributed by atoms with Crippen LogP contribution in [0.2, 0.25) is 0 Å². The van der Waals surface area contributed by atoms with E-state index < -0.39 is 0 Å². The minimum Gasteiger partial charge on any atom is -0.342 e. The SMILES string of the molecule is Cc1nonc1CC(=O)N1CCCC(c2nccn2Cc2cccnc2)C1. The van der Waals surface area contributed by atoms with Crippen LogP contribution in [0.4, 0.5) is 0 Å². The molecule has 3 aromatic rings. The summed E-state index contributed by atoms with van der Waals surface area (Å²) >= 11 is 0. The summed E-state index contributed by atoms with van der Waals surface area (Å²) in [6, 6.07) is 4.00. The van der Waals surface area contributed by atoms with Crippen LogP contribution in [0.1, 0.15) is 41.5 Å². The van der Waals surface area contributed by atoms with Gasteiger partial charge in [-0.05, 0) is 31.4 Å². The summed E-state index contributed by atoms with van der Waals surface area (Å²) in [5, 5.41) is 7.57. The molecule has 0 N–H and O–H groups in total. The van der Waals surface area contributed by atoms with Crippen molar-refractivity contribution in [3.05, 3.63) is 59.7 Å². The van der Waals surface area contributed by atoms with Crippen molar-refractivity contribution in [2.24, 2.45) is 0 Å². The Bertz CT molecular complexity index is 904. The van der Waals surface area contributed by atoms with Crippen LogP contribution in [0.3, 0.4) is 0 Å². The summed E-state index contributed by atoms with van der Waals surface area (Å²) in [5.41, 5.74) is 2.42. The fourth-order valence-corrected chi connectivity index (χ4v) is 3.58. The van der Waals surface area contributed by atoms with Gasteiger partial charge in [0.15, 0.2) is 0 Å². The number of imidazole rings is 1. The molecule has 0 saturated carbocycles. The second-order valence-electron chi connectivity index (χ2n) is 6.93. The third kappa shape index (κ3) is 3.89. The predicted molar refractivity (Wildman–Crippen MR) is 96.9 cm³/mol. The highest BCUT2D eigenvalue weighted by molar-refractivity contribution is 5.78. The van der Waals surface area contributed by atoms with E-state index in [0.717, 1.165) is 37.3 Å². The Morgan fingerprint density at radius 1 is 1.33 bits per heavy atom. The van der Waals surface area contributed by atoms with Crippen LogP contribution >= 0.6 is 0 Å². The molecule has 1 fully saturated rings. The number of aromatic nitrogens is 5. The molecule has 140 valence electrons. The Hall–Kier alpha value is -3.03. The van der Waals surface area contributed by atoms with Crippen molar-refractivity contribution in [1.82, 2.24) is 29.7 Å². The van der Waals surface area contributed by atoms with Crippen molar-refractivity contribution in [2.75, 3.05) is 13.1 Å². The molecule has 4 heterocycles. The van der Waals surface area contributed by atoms with E-state index in [9.17, 15) is 4.79 Å². The third-order valence-electron chi connectivity index (χ3n) is 5.03. The second-order valence-corrected chi connectivity index (χ2v) is 6.93. The molecule has 4 rings (SSSR count). The highest BCUT2D eigenvalue weighted by Gasteiger charge is 2.28. The van der Waals surface area contributed by atoms with Crippen molar-refractivity contribution in [3.63, 3.8) is 0 Å². The first-order chi connectivity index (χ1) is 13.2. The molecule has 8 nitrogen and oxygen atoms in total. The lowest BCUT2D eigenvalue weighted by atomic mass is 9.96. The lowest BCUT2D eigenvalue weighted by Gasteiger charge is -2.32. The van der Waals surface area contributed by atoms with Crippen LogP contribution < -0.4 is 0 Å². The predicted octanol–water partition coefficient (Wildman–Crippen LogP) is 1.97. The zero-order chi connectivity index (χ0) is 18.6. The number of hydrogen-bond donors (Lipinski definition) is 0. The van der Waals surface area contributed by atoms with E-state index in [1.54, 1.807) is 13.1 Å². The molecule has 1 aliphatic rings. The quantitative estimate of drug-likeness (QED) is 0.686. The first kappa shape index (κ1) is 17.4. The Morgan fingerprint density at radius 3 is 3.04 bits per heavy atom. The van der Waals surface area contributed by atoms with E-state index in [4.69, 9.17) is 4.63 Å². The Morgan fingerprint density at radius 2 is 2.26 bits per heavy atom. The van der Waals surface area contributed by atoms with Crippen LogP contribution in [0.5, 0.6) is 0 Å². The van der Waals surface area contributed by atoms with Gasteiger partial charge >= 0.3 is 0 Å². The number of hydrogen-bond acceptors (Lipinski definition) is 6. The molecule has 0 bridgehead atoms. The van der Waals surface area contributed by atoms with Gasteiger partial charge in [0, 0.05) is 43.8 Å². The topological polar surface area (TPSA) is 89.9 Å². The second kappa shape index (κ2) is 7.69. The molecule has 0 spiro atoms. The normalized spacial score (nSPS) is 17.2. The van der Waals surface area contributed by atoms with Gasteiger partial charge in [0.2, 0.25) is 5.91 Å². The summed E-state index contributed by atoms with van der Waals surface area (Å²) in [6.07, 6.45) is 9.69. The van der Waals surface area contributed by atoms with Gasteiger partial charge in [-0.3, -0.25) is 9.78 Å². The number of likely N-dealkylation sites (tertiary alicyclic amines) is 1. The highest BCUT2D eigenvalue weighted by Crippen LogP contribution is 2.26. The van der Waals surface area contributed by atoms with Crippen LogP contribution in [0.15, 0.2) is 41.5 Å². The Labute approximate surface area is 157 Å². The van der Waals surface area contributed by atoms with Gasteiger partial charge in [0.25, 0.3) is 0 Å². The van der Waals surface area contributed by atoms with Gasteiger partial charge in [0.1, 0.15) is 17.2 Å². The third-order valence-corrected chi connectivity index (χ3v) is 5.03. The monoisotopic (exact) mass is 366 g/mol. The van der Waals surface area contributed by atoms with Crippen molar-refractivity contribution in [3.8, 4) is 0 Å². The number of carbonyl (C=O) groups is 1. The Balaban J connectivity index is 1.45. The number of piperidine rings is 1. The average molecular weight is 366 g/mol. The smallest absolute Gasteiger partial charge is 0.228 e. The van der Waals surface area contributed by atoms with Crippen LogP contribution in [0, 0.1) is 6.92 Å². The number of aryl methyl sites for hydroxylation is 1. The lowest BCUT2D eigenvalue weighted by molar-refractivity contribution is -0.131. The summed E-state index contributed by atoms with van der Waals surface area (Å²) in [5.74, 6) is 1.31. The van der Waals surface area contributed by atoms with Crippen molar-refractivity contribution in [1.29, 1.82) is 0 Å². The van der Waals surface area contributed by atoms with E-state index >= 15 is 0 Å².